The summed E-state index contributed by atoms with van der Waals surface area (Å²) in [6.07, 6.45) is 60.3. The highest BCUT2D eigenvalue weighted by atomic mass is 31.2. The number of likely N-dealkylation sites (N-methyl/N-ethyl adjacent to an activating group) is 1. The van der Waals surface area contributed by atoms with Gasteiger partial charge in [-0.15, -0.1) is 0 Å². The largest absolute Gasteiger partial charge is 0.756 e. The number of allylic oxidation sites excluding steroid dienone is 11. The summed E-state index contributed by atoms with van der Waals surface area (Å²) in [7, 11) is 1.14. The van der Waals surface area contributed by atoms with Crippen LogP contribution in [0, 0.1) is 0 Å². The summed E-state index contributed by atoms with van der Waals surface area (Å²) in [5, 5.41) is 2.96. The molecule has 0 radical (unpaired) electrons. The highest BCUT2D eigenvalue weighted by Crippen LogP contribution is 2.38. The second kappa shape index (κ2) is 48.1. The lowest BCUT2D eigenvalue weighted by molar-refractivity contribution is -0.870. The van der Waals surface area contributed by atoms with Gasteiger partial charge < -0.3 is 28.5 Å². The maximum atomic E-state index is 13.4. The van der Waals surface area contributed by atoms with Crippen LogP contribution >= 0.6 is 7.82 Å². The molecule has 0 spiro atoms. The van der Waals surface area contributed by atoms with Gasteiger partial charge in [-0.2, -0.15) is 0 Å². The van der Waals surface area contributed by atoms with Crippen molar-refractivity contribution in [1.29, 1.82) is 0 Å². The Balaban J connectivity index is 5.46. The number of ether oxygens (including phenoxy) is 1. The standard InChI is InChI=1S/C58H105N2O7P/c1-7-10-13-16-19-22-25-27-29-31-32-35-38-41-44-47-50-57(61)59-55(54-66-68(63,64)65-53-52-60(4,5)6)56(49-46-43-40-37-34-24-21-18-15-12-9-3)67-58(62)51-48-45-42-39-36-33-30-28-26-23-20-17-14-11-8-2/h10,13,19,22,27,29,32,35,41,44,46,49,55-56H,7-9,11-12,14-18,20-21,23-26,28,30-31,33-34,36-40,42-43,45,47-48,50-54H2,1-6H3,(H-,59,61,63,64)/b13-10+,22-19+,29-27+,35-32+,44-41+,49-46+. The van der Waals surface area contributed by atoms with Gasteiger partial charge >= 0.3 is 5.97 Å². The van der Waals surface area contributed by atoms with Crippen molar-refractivity contribution in [2.24, 2.45) is 0 Å². The average molecular weight is 973 g/mol. The summed E-state index contributed by atoms with van der Waals surface area (Å²) in [4.78, 5) is 39.7. The molecule has 1 N–H and O–H groups in total. The van der Waals surface area contributed by atoms with E-state index in [1.54, 1.807) is 0 Å². The molecule has 394 valence electrons. The molecule has 0 heterocycles. The van der Waals surface area contributed by atoms with E-state index in [9.17, 15) is 19.0 Å². The number of carbonyl (C=O) groups is 2. The van der Waals surface area contributed by atoms with E-state index in [4.69, 9.17) is 13.8 Å². The van der Waals surface area contributed by atoms with Crippen LogP contribution < -0.4 is 10.2 Å². The van der Waals surface area contributed by atoms with Crippen LogP contribution in [0.1, 0.15) is 233 Å². The van der Waals surface area contributed by atoms with Crippen LogP contribution in [-0.2, 0) is 27.9 Å². The van der Waals surface area contributed by atoms with E-state index in [1.807, 2.05) is 45.4 Å². The lowest BCUT2D eigenvalue weighted by Gasteiger charge is -2.30. The van der Waals surface area contributed by atoms with Crippen molar-refractivity contribution in [2.45, 2.75) is 245 Å². The first-order valence-corrected chi connectivity index (χ1v) is 29.2. The minimum Gasteiger partial charge on any atom is -0.756 e. The van der Waals surface area contributed by atoms with Crippen LogP contribution in [-0.4, -0.2) is 69.4 Å². The number of carbonyl (C=O) groups excluding carboxylic acids is 2. The molecule has 0 aromatic heterocycles. The summed E-state index contributed by atoms with van der Waals surface area (Å²) in [5.74, 6) is -0.637. The Morgan fingerprint density at radius 3 is 1.41 bits per heavy atom. The molecule has 3 atom stereocenters. The minimum absolute atomic E-state index is 0.0368. The smallest absolute Gasteiger partial charge is 0.306 e. The van der Waals surface area contributed by atoms with E-state index in [1.165, 1.54) is 122 Å². The average Bonchev–Trinajstić information content (AvgIpc) is 3.29. The molecule has 0 aromatic carbocycles. The molecule has 3 unspecified atom stereocenters. The van der Waals surface area contributed by atoms with Gasteiger partial charge in [0.15, 0.2) is 0 Å². The zero-order valence-electron chi connectivity index (χ0n) is 44.8. The molecular formula is C58H105N2O7P. The van der Waals surface area contributed by atoms with Crippen molar-refractivity contribution in [3.05, 3.63) is 72.9 Å². The van der Waals surface area contributed by atoms with Crippen LogP contribution in [0.5, 0.6) is 0 Å². The third kappa shape index (κ3) is 48.5. The van der Waals surface area contributed by atoms with Crippen molar-refractivity contribution >= 4 is 19.7 Å². The van der Waals surface area contributed by atoms with Gasteiger partial charge in [0.1, 0.15) is 19.3 Å². The maximum absolute atomic E-state index is 13.4. The zero-order valence-corrected chi connectivity index (χ0v) is 45.7. The van der Waals surface area contributed by atoms with E-state index in [0.717, 1.165) is 70.6 Å². The zero-order chi connectivity index (χ0) is 50.1. The quantitative estimate of drug-likeness (QED) is 0.0212. The summed E-state index contributed by atoms with van der Waals surface area (Å²) in [5.41, 5.74) is 0. The third-order valence-corrected chi connectivity index (χ3v) is 12.9. The SMILES string of the molecule is CC/C=C/C/C=C/C/C=C/C/C=C/C/C=C/CCC(=O)NC(COP(=O)([O-])OCC[N+](C)(C)C)C(/C=C/CCCCCCCCCCC)OC(=O)CCCCCCCCCCCCCCCCC. The van der Waals surface area contributed by atoms with Crippen molar-refractivity contribution in [3.8, 4) is 0 Å². The number of hydrogen-bond donors (Lipinski definition) is 1. The van der Waals surface area contributed by atoms with Crippen LogP contribution in [0.25, 0.3) is 0 Å². The number of hydrogen-bond acceptors (Lipinski definition) is 7. The summed E-state index contributed by atoms with van der Waals surface area (Å²) >= 11 is 0. The molecule has 0 aliphatic heterocycles. The molecule has 0 fully saturated rings. The molecule has 0 saturated carbocycles. The highest BCUT2D eigenvalue weighted by molar-refractivity contribution is 7.45. The molecule has 0 aliphatic carbocycles. The molecule has 0 rings (SSSR count). The van der Waals surface area contributed by atoms with Gasteiger partial charge in [0.2, 0.25) is 5.91 Å². The number of nitrogens with zero attached hydrogens (tertiary/aromatic N) is 1. The Kier molecular flexibility index (Phi) is 46.3. The van der Waals surface area contributed by atoms with Crippen molar-refractivity contribution < 1.29 is 37.3 Å². The highest BCUT2D eigenvalue weighted by Gasteiger charge is 2.27. The van der Waals surface area contributed by atoms with Gasteiger partial charge in [-0.1, -0.05) is 229 Å². The van der Waals surface area contributed by atoms with Crippen molar-refractivity contribution in [1.82, 2.24) is 5.32 Å². The topological polar surface area (TPSA) is 114 Å². The van der Waals surface area contributed by atoms with Gasteiger partial charge in [0, 0.05) is 12.8 Å². The number of amides is 1. The third-order valence-electron chi connectivity index (χ3n) is 11.9. The van der Waals surface area contributed by atoms with Crippen molar-refractivity contribution in [2.75, 3.05) is 40.9 Å². The van der Waals surface area contributed by atoms with Gasteiger partial charge in [-0.25, -0.2) is 0 Å². The number of phosphoric ester groups is 1. The summed E-state index contributed by atoms with van der Waals surface area (Å²) in [6, 6.07) is -0.926. The summed E-state index contributed by atoms with van der Waals surface area (Å²) < 4.78 is 30.1. The first-order chi connectivity index (χ1) is 32.9. The second-order valence-corrected chi connectivity index (χ2v) is 21.1. The Hall–Kier alpha value is -2.55. The van der Waals surface area contributed by atoms with Crippen LogP contribution in [0.4, 0.5) is 0 Å². The molecular weight excluding hydrogens is 868 g/mol. The fourth-order valence-electron chi connectivity index (χ4n) is 7.63. The predicted molar refractivity (Wildman–Crippen MR) is 288 cm³/mol. The molecule has 9 nitrogen and oxygen atoms in total. The van der Waals surface area contributed by atoms with E-state index >= 15 is 0 Å². The second-order valence-electron chi connectivity index (χ2n) is 19.7. The van der Waals surface area contributed by atoms with Crippen molar-refractivity contribution in [3.63, 3.8) is 0 Å². The van der Waals surface area contributed by atoms with Crippen LogP contribution in [0.2, 0.25) is 0 Å². The van der Waals surface area contributed by atoms with E-state index in [0.29, 0.717) is 17.4 Å². The minimum atomic E-state index is -4.71. The first kappa shape index (κ1) is 65.5. The Morgan fingerprint density at radius 2 is 0.956 bits per heavy atom. The lowest BCUT2D eigenvalue weighted by atomic mass is 10.0. The van der Waals surface area contributed by atoms with Crippen LogP contribution in [0.15, 0.2) is 72.9 Å². The predicted octanol–water partition coefficient (Wildman–Crippen LogP) is 15.9. The first-order valence-electron chi connectivity index (χ1n) is 27.7. The molecule has 0 aliphatic rings. The van der Waals surface area contributed by atoms with E-state index in [-0.39, 0.29) is 31.3 Å². The Bertz CT molecular complexity index is 1400. The van der Waals surface area contributed by atoms with Gasteiger partial charge in [-0.05, 0) is 63.9 Å². The molecule has 0 saturated heterocycles. The molecule has 0 bridgehead atoms. The normalized spacial score (nSPS) is 14.4. The van der Waals surface area contributed by atoms with E-state index in [2.05, 4.69) is 74.7 Å². The fraction of sp³-hybridized carbons (Fsp3) is 0.759. The Morgan fingerprint density at radius 1 is 0.529 bits per heavy atom. The van der Waals surface area contributed by atoms with Crippen LogP contribution in [0.3, 0.4) is 0 Å². The molecule has 10 heteroatoms. The van der Waals surface area contributed by atoms with E-state index < -0.39 is 26.6 Å². The number of nitrogens with one attached hydrogen (secondary N) is 1. The van der Waals surface area contributed by atoms with Gasteiger partial charge in [-0.3, -0.25) is 14.2 Å². The molecule has 68 heavy (non-hydrogen) atoms. The fourth-order valence-corrected chi connectivity index (χ4v) is 8.35. The number of rotatable bonds is 49. The molecule has 1 amide bonds. The molecule has 0 aromatic rings. The number of phosphoric acid groups is 1. The Labute approximate surface area is 419 Å². The monoisotopic (exact) mass is 973 g/mol. The lowest BCUT2D eigenvalue weighted by Crippen LogP contribution is -2.47. The van der Waals surface area contributed by atoms with Gasteiger partial charge in [0.25, 0.3) is 7.82 Å². The number of unbranched alkanes of at least 4 members (excludes halogenated alkanes) is 23. The van der Waals surface area contributed by atoms with Gasteiger partial charge in [0.05, 0.1) is 33.8 Å². The number of quaternary nitrogens is 1. The number of esters is 1. The maximum Gasteiger partial charge on any atom is 0.306 e. The summed E-state index contributed by atoms with van der Waals surface area (Å²) in [6.45, 7) is 6.66.